The molecule has 222 valence electrons. The van der Waals surface area contributed by atoms with Crippen LogP contribution in [-0.2, 0) is 4.74 Å². The van der Waals surface area contributed by atoms with Crippen molar-refractivity contribution in [2.45, 2.75) is 78.6 Å². The third-order valence-electron chi connectivity index (χ3n) is 7.09. The van der Waals surface area contributed by atoms with Crippen molar-refractivity contribution >= 4 is 11.9 Å². The summed E-state index contributed by atoms with van der Waals surface area (Å²) in [6, 6.07) is 21.2. The maximum absolute atomic E-state index is 12.6. The second-order valence-electron chi connectivity index (χ2n) is 10.7. The minimum absolute atomic E-state index is 0.323. The molecular formula is C37H44O5. The monoisotopic (exact) mass is 568 g/mol. The lowest BCUT2D eigenvalue weighted by molar-refractivity contribution is 0.0447. The van der Waals surface area contributed by atoms with Crippen molar-refractivity contribution in [1.29, 1.82) is 0 Å². The number of ether oxygens (including phenoxy) is 3. The van der Waals surface area contributed by atoms with Gasteiger partial charge in [-0.25, -0.2) is 9.59 Å². The summed E-state index contributed by atoms with van der Waals surface area (Å²) in [6.07, 6.45) is 11.1. The van der Waals surface area contributed by atoms with E-state index < -0.39 is 5.97 Å². The Labute approximate surface area is 251 Å². The second kappa shape index (κ2) is 18.4. The number of unbranched alkanes of at least 4 members (excludes halogenated alkanes) is 7. The zero-order valence-corrected chi connectivity index (χ0v) is 25.3. The van der Waals surface area contributed by atoms with E-state index in [4.69, 9.17) is 14.2 Å². The van der Waals surface area contributed by atoms with E-state index in [1.807, 2.05) is 12.1 Å². The molecule has 3 rings (SSSR count). The third kappa shape index (κ3) is 11.8. The number of carbonyl (C=O) groups is 2. The first-order valence-corrected chi connectivity index (χ1v) is 15.3. The molecule has 0 spiro atoms. The molecule has 0 saturated heterocycles. The Morgan fingerprint density at radius 1 is 0.643 bits per heavy atom. The van der Waals surface area contributed by atoms with E-state index in [1.54, 1.807) is 60.7 Å². The van der Waals surface area contributed by atoms with Crippen molar-refractivity contribution in [3.05, 3.63) is 95.1 Å². The van der Waals surface area contributed by atoms with Crippen molar-refractivity contribution in [1.82, 2.24) is 0 Å². The zero-order valence-electron chi connectivity index (χ0n) is 25.3. The average Bonchev–Trinajstić information content (AvgIpc) is 3.03. The zero-order chi connectivity index (χ0) is 30.0. The first-order valence-electron chi connectivity index (χ1n) is 15.3. The quantitative estimate of drug-likeness (QED) is 0.0747. The molecular weight excluding hydrogens is 524 g/mol. The molecule has 0 aromatic heterocycles. The molecule has 0 bridgehead atoms. The predicted octanol–water partition coefficient (Wildman–Crippen LogP) is 9.03. The van der Waals surface area contributed by atoms with Gasteiger partial charge in [0.05, 0.1) is 24.3 Å². The van der Waals surface area contributed by atoms with E-state index in [9.17, 15) is 9.59 Å². The van der Waals surface area contributed by atoms with Gasteiger partial charge in [-0.15, -0.1) is 0 Å². The normalized spacial score (nSPS) is 11.2. The lowest BCUT2D eigenvalue weighted by Crippen LogP contribution is -2.11. The molecule has 0 aliphatic heterocycles. The number of esters is 2. The average molecular weight is 569 g/mol. The molecule has 0 N–H and O–H groups in total. The molecule has 3 aromatic rings. The Hall–Kier alpha value is -4.04. The summed E-state index contributed by atoms with van der Waals surface area (Å²) in [4.78, 5) is 24.8. The van der Waals surface area contributed by atoms with Gasteiger partial charge in [0, 0.05) is 11.1 Å². The number of carbonyl (C=O) groups excluding carboxylic acids is 2. The largest absolute Gasteiger partial charge is 0.494 e. The summed E-state index contributed by atoms with van der Waals surface area (Å²) in [6.45, 7) is 7.47. The van der Waals surface area contributed by atoms with Crippen LogP contribution in [-0.4, -0.2) is 25.2 Å². The lowest BCUT2D eigenvalue weighted by Gasteiger charge is -2.09. The van der Waals surface area contributed by atoms with E-state index in [0.717, 1.165) is 29.7 Å². The van der Waals surface area contributed by atoms with Crippen molar-refractivity contribution in [2.75, 3.05) is 13.2 Å². The summed E-state index contributed by atoms with van der Waals surface area (Å²) in [5.74, 6) is 7.00. The minimum atomic E-state index is -0.432. The minimum Gasteiger partial charge on any atom is -0.494 e. The highest BCUT2D eigenvalue weighted by molar-refractivity contribution is 5.91. The van der Waals surface area contributed by atoms with Crippen LogP contribution in [0.15, 0.2) is 72.8 Å². The summed E-state index contributed by atoms with van der Waals surface area (Å²) >= 11 is 0. The molecule has 0 aliphatic rings. The van der Waals surface area contributed by atoms with Gasteiger partial charge in [-0.2, -0.15) is 0 Å². The molecule has 3 aromatic carbocycles. The standard InChI is InChI=1S/C37H44O5/c1-4-6-7-8-9-10-11-12-27-40-34-23-25-35(26-24-34)42-37(39)33-21-17-31(18-22-33)14-13-30-15-19-32(20-16-30)36(38)41-28-29(3)5-2/h15-26,29H,4-12,27-28H2,1-3H3/t29-/m0/s1. The van der Waals surface area contributed by atoms with Gasteiger partial charge < -0.3 is 14.2 Å². The molecule has 1 atom stereocenters. The van der Waals surface area contributed by atoms with Gasteiger partial charge in [-0.1, -0.05) is 84.0 Å². The maximum Gasteiger partial charge on any atom is 0.343 e. The fourth-order valence-electron chi connectivity index (χ4n) is 4.14. The topological polar surface area (TPSA) is 61.8 Å². The number of hydrogen-bond acceptors (Lipinski definition) is 5. The van der Waals surface area contributed by atoms with Gasteiger partial charge in [-0.05, 0) is 85.1 Å². The number of rotatable bonds is 16. The molecule has 0 amide bonds. The van der Waals surface area contributed by atoms with E-state index in [1.165, 1.54) is 44.9 Å². The van der Waals surface area contributed by atoms with Crippen LogP contribution in [0.4, 0.5) is 0 Å². The molecule has 0 fully saturated rings. The van der Waals surface area contributed by atoms with Crippen molar-refractivity contribution in [3.8, 4) is 23.3 Å². The highest BCUT2D eigenvalue weighted by Gasteiger charge is 2.10. The highest BCUT2D eigenvalue weighted by atomic mass is 16.5. The van der Waals surface area contributed by atoms with Crippen molar-refractivity contribution in [3.63, 3.8) is 0 Å². The second-order valence-corrected chi connectivity index (χ2v) is 10.7. The van der Waals surface area contributed by atoms with Crippen LogP contribution in [0.5, 0.6) is 11.5 Å². The molecule has 5 nitrogen and oxygen atoms in total. The van der Waals surface area contributed by atoms with E-state index in [-0.39, 0.29) is 5.97 Å². The molecule has 0 aliphatic carbocycles. The Balaban J connectivity index is 1.41. The fraction of sp³-hybridized carbons (Fsp3) is 0.405. The van der Waals surface area contributed by atoms with Crippen LogP contribution in [0.1, 0.15) is 110 Å². The van der Waals surface area contributed by atoms with Crippen LogP contribution in [0.3, 0.4) is 0 Å². The molecule has 0 saturated carbocycles. The molecule has 0 heterocycles. The van der Waals surface area contributed by atoms with Crippen LogP contribution < -0.4 is 9.47 Å². The smallest absolute Gasteiger partial charge is 0.343 e. The van der Waals surface area contributed by atoms with Crippen LogP contribution in [0.25, 0.3) is 0 Å². The van der Waals surface area contributed by atoms with Crippen LogP contribution in [0.2, 0.25) is 0 Å². The maximum atomic E-state index is 12.6. The summed E-state index contributed by atoms with van der Waals surface area (Å²) in [5.41, 5.74) is 2.49. The molecule has 0 unspecified atom stereocenters. The summed E-state index contributed by atoms with van der Waals surface area (Å²) in [7, 11) is 0. The molecule has 5 heteroatoms. The Kier molecular flexibility index (Phi) is 14.2. The van der Waals surface area contributed by atoms with Gasteiger partial charge in [0.1, 0.15) is 11.5 Å². The fourth-order valence-corrected chi connectivity index (χ4v) is 4.14. The number of benzene rings is 3. The van der Waals surface area contributed by atoms with Gasteiger partial charge >= 0.3 is 11.9 Å². The lowest BCUT2D eigenvalue weighted by atomic mass is 10.1. The van der Waals surface area contributed by atoms with Crippen molar-refractivity contribution in [2.24, 2.45) is 5.92 Å². The van der Waals surface area contributed by atoms with Gasteiger partial charge in [-0.3, -0.25) is 0 Å². The Morgan fingerprint density at radius 2 is 1.14 bits per heavy atom. The molecule has 0 radical (unpaired) electrons. The summed E-state index contributed by atoms with van der Waals surface area (Å²) in [5, 5.41) is 0. The first-order chi connectivity index (χ1) is 20.5. The van der Waals surface area contributed by atoms with Crippen molar-refractivity contribution < 1.29 is 23.8 Å². The SMILES string of the molecule is CCCCCCCCCCOc1ccc(OC(=O)c2ccc(C#Cc3ccc(C(=O)OC[C@@H](C)CC)cc3)cc2)cc1. The van der Waals surface area contributed by atoms with Crippen LogP contribution >= 0.6 is 0 Å². The Morgan fingerprint density at radius 3 is 1.69 bits per heavy atom. The van der Waals surface area contributed by atoms with E-state index in [2.05, 4.69) is 32.6 Å². The first kappa shape index (κ1) is 32.5. The van der Waals surface area contributed by atoms with Gasteiger partial charge in [0.15, 0.2) is 0 Å². The van der Waals surface area contributed by atoms with Gasteiger partial charge in [0.25, 0.3) is 0 Å². The van der Waals surface area contributed by atoms with E-state index >= 15 is 0 Å². The van der Waals surface area contributed by atoms with Gasteiger partial charge in [0.2, 0.25) is 0 Å². The number of hydrogen-bond donors (Lipinski definition) is 0. The predicted molar refractivity (Wildman–Crippen MR) is 168 cm³/mol. The van der Waals surface area contributed by atoms with Crippen LogP contribution in [0, 0.1) is 17.8 Å². The Bertz CT molecular complexity index is 1280. The highest BCUT2D eigenvalue weighted by Crippen LogP contribution is 2.20. The molecule has 42 heavy (non-hydrogen) atoms. The third-order valence-corrected chi connectivity index (χ3v) is 7.09. The van der Waals surface area contributed by atoms with E-state index in [0.29, 0.717) is 36.0 Å². The summed E-state index contributed by atoms with van der Waals surface area (Å²) < 4.78 is 16.7.